The molecule has 0 radical (unpaired) electrons. The average Bonchev–Trinajstić information content (AvgIpc) is 3.59. The van der Waals surface area contributed by atoms with Gasteiger partial charge in [-0.1, -0.05) is 30.3 Å². The summed E-state index contributed by atoms with van der Waals surface area (Å²) in [7, 11) is 1.66. The van der Waals surface area contributed by atoms with Crippen molar-refractivity contribution in [1.82, 2.24) is 15.2 Å². The smallest absolute Gasteiger partial charge is 0.228 e. The first-order valence-electron chi connectivity index (χ1n) is 11.5. The number of carbonyl (C=O) groups excluding carboxylic acids is 2. The molecule has 2 amide bonds. The Bertz CT molecular complexity index is 1200. The first-order valence-corrected chi connectivity index (χ1v) is 12.5. The number of hydrogen-bond donors (Lipinski definition) is 3. The van der Waals surface area contributed by atoms with Crippen LogP contribution in [0.3, 0.4) is 0 Å². The van der Waals surface area contributed by atoms with Gasteiger partial charge in [0.1, 0.15) is 0 Å². The molecule has 3 heterocycles. The lowest BCUT2D eigenvalue weighted by Gasteiger charge is -2.31. The maximum Gasteiger partial charge on any atom is 0.228 e. The highest BCUT2D eigenvalue weighted by molar-refractivity contribution is 7.07. The van der Waals surface area contributed by atoms with E-state index in [2.05, 4.69) is 32.7 Å². The van der Waals surface area contributed by atoms with Crippen LogP contribution in [0, 0.1) is 0 Å². The van der Waals surface area contributed by atoms with Crippen LogP contribution in [0.4, 0.5) is 5.69 Å². The van der Waals surface area contributed by atoms with E-state index >= 15 is 0 Å². The Morgan fingerprint density at radius 1 is 1.29 bits per heavy atom. The molecule has 176 valence electrons. The van der Waals surface area contributed by atoms with Gasteiger partial charge in [-0.2, -0.15) is 0 Å². The number of aliphatic hydroxyl groups is 1. The fraction of sp³-hybridized carbons (Fsp3) is 0.346. The van der Waals surface area contributed by atoms with Crippen molar-refractivity contribution < 1.29 is 14.7 Å². The Hall–Kier alpha value is -3.07. The molecule has 7 nitrogen and oxygen atoms in total. The van der Waals surface area contributed by atoms with Gasteiger partial charge in [-0.3, -0.25) is 9.59 Å². The molecule has 3 aromatic rings. The number of aliphatic hydroxyl groups excluding tert-OH is 1. The number of thiazole rings is 1. The SMILES string of the molecule is CNC(=O)C(c1ccc2c(c1)NC(=O)C2)[C@H](CN1CC[C@H](O)C1)c1cccc(-c2cscn2)c1. The number of fused-ring (bicyclic) bond motifs is 1. The van der Waals surface area contributed by atoms with Crippen molar-refractivity contribution in [2.24, 2.45) is 0 Å². The lowest BCUT2D eigenvalue weighted by molar-refractivity contribution is -0.122. The van der Waals surface area contributed by atoms with Crippen LogP contribution in [0.15, 0.2) is 53.4 Å². The van der Waals surface area contributed by atoms with E-state index in [1.54, 1.807) is 18.4 Å². The van der Waals surface area contributed by atoms with Crippen LogP contribution >= 0.6 is 11.3 Å². The number of likely N-dealkylation sites (tertiary alicyclic amines) is 1. The van der Waals surface area contributed by atoms with Crippen molar-refractivity contribution in [2.45, 2.75) is 30.8 Å². The first kappa shape index (κ1) is 22.7. The highest BCUT2D eigenvalue weighted by atomic mass is 32.1. The van der Waals surface area contributed by atoms with Crippen LogP contribution in [-0.2, 0) is 16.0 Å². The monoisotopic (exact) mass is 476 g/mol. The topological polar surface area (TPSA) is 94.6 Å². The third-order valence-corrected chi connectivity index (χ3v) is 7.38. The zero-order valence-electron chi connectivity index (χ0n) is 19.0. The number of amides is 2. The van der Waals surface area contributed by atoms with Gasteiger partial charge in [0.25, 0.3) is 0 Å². The van der Waals surface area contributed by atoms with Gasteiger partial charge in [-0.15, -0.1) is 11.3 Å². The van der Waals surface area contributed by atoms with E-state index in [1.807, 2.05) is 41.2 Å². The Kier molecular flexibility index (Phi) is 6.45. The molecule has 0 aliphatic carbocycles. The minimum absolute atomic E-state index is 0.0257. The molecule has 34 heavy (non-hydrogen) atoms. The number of carbonyl (C=O) groups is 2. The maximum absolute atomic E-state index is 13.4. The van der Waals surface area contributed by atoms with Crippen molar-refractivity contribution >= 4 is 28.8 Å². The quantitative estimate of drug-likeness (QED) is 0.487. The summed E-state index contributed by atoms with van der Waals surface area (Å²) in [5.41, 5.74) is 7.39. The van der Waals surface area contributed by atoms with Crippen LogP contribution in [0.2, 0.25) is 0 Å². The number of nitrogens with one attached hydrogen (secondary N) is 2. The average molecular weight is 477 g/mol. The second-order valence-corrected chi connectivity index (χ2v) is 9.76. The number of hydrogen-bond acceptors (Lipinski definition) is 6. The molecule has 2 aliphatic heterocycles. The van der Waals surface area contributed by atoms with Crippen LogP contribution in [0.1, 0.15) is 34.9 Å². The van der Waals surface area contributed by atoms with E-state index in [0.29, 0.717) is 19.5 Å². The minimum Gasteiger partial charge on any atom is -0.392 e. The first-order chi connectivity index (χ1) is 16.5. The van der Waals surface area contributed by atoms with Crippen LogP contribution in [0.25, 0.3) is 11.3 Å². The third-order valence-electron chi connectivity index (χ3n) is 6.79. The molecule has 0 bridgehead atoms. The number of aromatic nitrogens is 1. The second kappa shape index (κ2) is 9.66. The minimum atomic E-state index is -0.462. The third kappa shape index (κ3) is 4.61. The van der Waals surface area contributed by atoms with Crippen molar-refractivity contribution in [2.75, 3.05) is 32.0 Å². The van der Waals surface area contributed by atoms with Crippen molar-refractivity contribution in [1.29, 1.82) is 0 Å². The number of β-amino-alcohol motifs (C(OH)–C–C–N with tert-alkyl or cyclic N) is 1. The van der Waals surface area contributed by atoms with Crippen LogP contribution in [-0.4, -0.2) is 59.6 Å². The van der Waals surface area contributed by atoms with Gasteiger partial charge in [0.2, 0.25) is 11.8 Å². The maximum atomic E-state index is 13.4. The molecule has 1 fully saturated rings. The van der Waals surface area contributed by atoms with E-state index in [-0.39, 0.29) is 23.8 Å². The largest absolute Gasteiger partial charge is 0.392 e. The zero-order valence-corrected chi connectivity index (χ0v) is 19.8. The molecule has 3 atom stereocenters. The van der Waals surface area contributed by atoms with Gasteiger partial charge in [0.15, 0.2) is 0 Å². The molecule has 3 N–H and O–H groups in total. The lowest BCUT2D eigenvalue weighted by Crippen LogP contribution is -2.36. The van der Waals surface area contributed by atoms with E-state index in [0.717, 1.165) is 46.6 Å². The summed E-state index contributed by atoms with van der Waals surface area (Å²) in [5, 5.41) is 17.9. The van der Waals surface area contributed by atoms with Gasteiger partial charge < -0.3 is 20.6 Å². The standard InChI is InChI=1S/C26H28N4O3S/c1-27-26(33)25(19-6-5-18-11-24(32)29-22(18)10-19)21(13-30-8-7-20(31)12-30)16-3-2-4-17(9-16)23-14-34-15-28-23/h2-6,9-10,14-15,20-21,25,31H,7-8,11-13H2,1H3,(H,27,33)(H,29,32)/t20-,21+,25?/m0/s1. The summed E-state index contributed by atoms with van der Waals surface area (Å²) < 4.78 is 0. The summed E-state index contributed by atoms with van der Waals surface area (Å²) in [6.07, 6.45) is 0.766. The predicted octanol–water partition coefficient (Wildman–Crippen LogP) is 2.98. The highest BCUT2D eigenvalue weighted by Crippen LogP contribution is 2.38. The van der Waals surface area contributed by atoms with Gasteiger partial charge in [0, 0.05) is 49.2 Å². The van der Waals surface area contributed by atoms with Gasteiger partial charge >= 0.3 is 0 Å². The van der Waals surface area contributed by atoms with E-state index in [1.165, 1.54) is 0 Å². The lowest BCUT2D eigenvalue weighted by atomic mass is 9.79. The summed E-state index contributed by atoms with van der Waals surface area (Å²) >= 11 is 1.55. The second-order valence-electron chi connectivity index (χ2n) is 9.04. The Labute approximate surface area is 202 Å². The molecule has 2 aliphatic rings. The fourth-order valence-electron chi connectivity index (χ4n) is 5.09. The molecule has 8 heteroatoms. The van der Waals surface area contributed by atoms with Crippen molar-refractivity contribution in [3.05, 3.63) is 70.0 Å². The van der Waals surface area contributed by atoms with Gasteiger partial charge in [-0.05, 0) is 35.2 Å². The summed E-state index contributed by atoms with van der Waals surface area (Å²) in [6, 6.07) is 14.1. The molecule has 1 saturated heterocycles. The van der Waals surface area contributed by atoms with Gasteiger partial charge in [0.05, 0.1) is 29.6 Å². The molecule has 0 spiro atoms. The zero-order chi connectivity index (χ0) is 23.7. The Morgan fingerprint density at radius 3 is 2.91 bits per heavy atom. The summed E-state index contributed by atoms with van der Waals surface area (Å²) in [4.78, 5) is 32.0. The van der Waals surface area contributed by atoms with Crippen LogP contribution in [0.5, 0.6) is 0 Å². The van der Waals surface area contributed by atoms with Crippen molar-refractivity contribution in [3.63, 3.8) is 0 Å². The van der Waals surface area contributed by atoms with Crippen molar-refractivity contribution in [3.8, 4) is 11.3 Å². The molecular formula is C26H28N4O3S. The van der Waals surface area contributed by atoms with E-state index in [9.17, 15) is 14.7 Å². The molecular weight excluding hydrogens is 448 g/mol. The molecule has 1 unspecified atom stereocenters. The summed E-state index contributed by atoms with van der Waals surface area (Å²) in [5.74, 6) is -0.717. The van der Waals surface area contributed by atoms with Crippen LogP contribution < -0.4 is 10.6 Å². The normalized spacial score (nSPS) is 19.5. The fourth-order valence-corrected chi connectivity index (χ4v) is 5.65. The van der Waals surface area contributed by atoms with E-state index in [4.69, 9.17) is 0 Å². The number of rotatable bonds is 7. The highest BCUT2D eigenvalue weighted by Gasteiger charge is 2.35. The molecule has 2 aromatic carbocycles. The number of benzene rings is 2. The number of nitrogens with zero attached hydrogens (tertiary/aromatic N) is 2. The predicted molar refractivity (Wildman–Crippen MR) is 133 cm³/mol. The molecule has 0 saturated carbocycles. The Morgan fingerprint density at radius 2 is 2.18 bits per heavy atom. The summed E-state index contributed by atoms with van der Waals surface area (Å²) in [6.45, 7) is 2.03. The Balaban J connectivity index is 1.57. The number of anilines is 1. The molecule has 1 aromatic heterocycles. The van der Waals surface area contributed by atoms with E-state index < -0.39 is 5.92 Å². The van der Waals surface area contributed by atoms with Gasteiger partial charge in [-0.25, -0.2) is 4.98 Å². The number of likely N-dealkylation sites (N-methyl/N-ethyl adjacent to an activating group) is 1. The molecule has 5 rings (SSSR count).